The lowest BCUT2D eigenvalue weighted by molar-refractivity contribution is -0.123. The minimum atomic E-state index is -0.352. The van der Waals surface area contributed by atoms with Crippen LogP contribution in [0.3, 0.4) is 0 Å². The van der Waals surface area contributed by atoms with Gasteiger partial charge < -0.3 is 14.6 Å². The lowest BCUT2D eigenvalue weighted by Gasteiger charge is -2.17. The Labute approximate surface area is 149 Å². The molecule has 0 saturated heterocycles. The van der Waals surface area contributed by atoms with Crippen molar-refractivity contribution in [2.75, 3.05) is 13.7 Å². The Morgan fingerprint density at radius 1 is 1.32 bits per heavy atom. The van der Waals surface area contributed by atoms with Gasteiger partial charge in [-0.1, -0.05) is 12.1 Å². The first-order valence-electron chi connectivity index (χ1n) is 8.93. The van der Waals surface area contributed by atoms with Crippen molar-refractivity contribution in [2.45, 2.75) is 51.5 Å². The van der Waals surface area contributed by atoms with Crippen LogP contribution in [0.25, 0.3) is 0 Å². The third-order valence-corrected chi connectivity index (χ3v) is 5.04. The zero-order chi connectivity index (χ0) is 18.0. The quantitative estimate of drug-likeness (QED) is 0.841. The Balaban J connectivity index is 1.61. The highest BCUT2D eigenvalue weighted by Crippen LogP contribution is 2.48. The second-order valence-corrected chi connectivity index (χ2v) is 7.10. The summed E-state index contributed by atoms with van der Waals surface area (Å²) < 4.78 is 7.42. The van der Waals surface area contributed by atoms with E-state index in [0.717, 1.165) is 42.1 Å². The second kappa shape index (κ2) is 6.90. The van der Waals surface area contributed by atoms with Crippen molar-refractivity contribution >= 4 is 5.91 Å². The molecule has 0 aliphatic heterocycles. The largest absolute Gasteiger partial charge is 0.497 e. The molecule has 1 N–H and O–H groups in total. The van der Waals surface area contributed by atoms with Gasteiger partial charge in [-0.25, -0.2) is 4.98 Å². The van der Waals surface area contributed by atoms with E-state index in [-0.39, 0.29) is 11.3 Å². The van der Waals surface area contributed by atoms with E-state index in [4.69, 9.17) is 4.74 Å². The van der Waals surface area contributed by atoms with Crippen LogP contribution in [0.4, 0.5) is 0 Å². The number of rotatable bonds is 7. The molecule has 5 heteroatoms. The van der Waals surface area contributed by atoms with Crippen LogP contribution in [0.2, 0.25) is 0 Å². The fourth-order valence-electron chi connectivity index (χ4n) is 3.53. The fraction of sp³-hybridized carbons (Fsp3) is 0.500. The average Bonchev–Trinajstić information content (AvgIpc) is 3.33. The Hall–Kier alpha value is -2.30. The Bertz CT molecular complexity index is 743. The van der Waals surface area contributed by atoms with E-state index in [2.05, 4.69) is 35.6 Å². The van der Waals surface area contributed by atoms with Crippen LogP contribution in [0.1, 0.15) is 49.8 Å². The van der Waals surface area contributed by atoms with Gasteiger partial charge in [-0.2, -0.15) is 0 Å². The van der Waals surface area contributed by atoms with Crippen LogP contribution in [0, 0.1) is 6.92 Å². The van der Waals surface area contributed by atoms with Crippen molar-refractivity contribution in [1.82, 2.24) is 14.9 Å². The van der Waals surface area contributed by atoms with Crippen molar-refractivity contribution in [2.24, 2.45) is 0 Å². The summed E-state index contributed by atoms with van der Waals surface area (Å²) in [6.45, 7) is 6.98. The van der Waals surface area contributed by atoms with Crippen molar-refractivity contribution in [3.8, 4) is 5.75 Å². The standard InChI is InChI=1S/C20H27N3O2/c1-14(2)23-15(3)13-22-18(23)9-12-21-19(24)20(10-11-20)16-5-7-17(25-4)8-6-16/h5-8,13-14H,9-12H2,1-4H3,(H,21,24). The average molecular weight is 341 g/mol. The monoisotopic (exact) mass is 341 g/mol. The topological polar surface area (TPSA) is 56.1 Å². The van der Waals surface area contributed by atoms with Gasteiger partial charge in [0.15, 0.2) is 0 Å². The van der Waals surface area contributed by atoms with E-state index in [1.165, 1.54) is 0 Å². The highest BCUT2D eigenvalue weighted by molar-refractivity contribution is 5.91. The van der Waals surface area contributed by atoms with Crippen LogP contribution in [-0.4, -0.2) is 29.1 Å². The maximum Gasteiger partial charge on any atom is 0.230 e. The van der Waals surface area contributed by atoms with Gasteiger partial charge in [0.1, 0.15) is 11.6 Å². The SMILES string of the molecule is COc1ccc(C2(C(=O)NCCc3ncc(C)n3C(C)C)CC2)cc1. The molecule has 0 atom stereocenters. The van der Waals surface area contributed by atoms with Crippen LogP contribution in [-0.2, 0) is 16.6 Å². The van der Waals surface area contributed by atoms with Crippen molar-refractivity contribution in [3.05, 3.63) is 47.5 Å². The number of carbonyl (C=O) groups is 1. The van der Waals surface area contributed by atoms with E-state index in [1.54, 1.807) is 7.11 Å². The van der Waals surface area contributed by atoms with Crippen LogP contribution in [0.5, 0.6) is 5.75 Å². The zero-order valence-electron chi connectivity index (χ0n) is 15.5. The molecule has 1 heterocycles. The normalized spacial score (nSPS) is 15.2. The van der Waals surface area contributed by atoms with E-state index in [0.29, 0.717) is 12.6 Å². The summed E-state index contributed by atoms with van der Waals surface area (Å²) in [5.74, 6) is 1.97. The summed E-state index contributed by atoms with van der Waals surface area (Å²) in [6, 6.07) is 8.22. The molecule has 0 bridgehead atoms. The van der Waals surface area contributed by atoms with Gasteiger partial charge in [-0.15, -0.1) is 0 Å². The van der Waals surface area contributed by atoms with E-state index >= 15 is 0 Å². The van der Waals surface area contributed by atoms with Crippen LogP contribution >= 0.6 is 0 Å². The van der Waals surface area contributed by atoms with Gasteiger partial charge in [0, 0.05) is 30.9 Å². The Morgan fingerprint density at radius 2 is 2.00 bits per heavy atom. The number of nitrogens with zero attached hydrogens (tertiary/aromatic N) is 2. The molecule has 134 valence electrons. The smallest absolute Gasteiger partial charge is 0.230 e. The van der Waals surface area contributed by atoms with Gasteiger partial charge in [-0.05, 0) is 51.3 Å². The number of nitrogens with one attached hydrogen (secondary N) is 1. The minimum Gasteiger partial charge on any atom is -0.497 e. The first-order valence-corrected chi connectivity index (χ1v) is 8.93. The van der Waals surface area contributed by atoms with E-state index in [9.17, 15) is 4.79 Å². The number of hydrogen-bond donors (Lipinski definition) is 1. The molecule has 1 aliphatic carbocycles. The Kier molecular flexibility index (Phi) is 4.84. The molecule has 25 heavy (non-hydrogen) atoms. The van der Waals surface area contributed by atoms with Gasteiger partial charge in [0.2, 0.25) is 5.91 Å². The highest BCUT2D eigenvalue weighted by Gasteiger charge is 2.51. The molecule has 1 aliphatic rings. The number of benzene rings is 1. The molecule has 0 unspecified atom stereocenters. The number of carbonyl (C=O) groups excluding carboxylic acids is 1. The number of amides is 1. The lowest BCUT2D eigenvalue weighted by Crippen LogP contribution is -2.36. The summed E-state index contributed by atoms with van der Waals surface area (Å²) in [5, 5.41) is 3.11. The molecule has 0 radical (unpaired) electrons. The van der Waals surface area contributed by atoms with Gasteiger partial charge >= 0.3 is 0 Å². The molecule has 2 aromatic rings. The van der Waals surface area contributed by atoms with E-state index < -0.39 is 0 Å². The number of ether oxygens (including phenoxy) is 1. The third-order valence-electron chi connectivity index (χ3n) is 5.04. The van der Waals surface area contributed by atoms with Gasteiger partial charge in [-0.3, -0.25) is 4.79 Å². The molecule has 1 aromatic carbocycles. The number of hydrogen-bond acceptors (Lipinski definition) is 3. The van der Waals surface area contributed by atoms with Gasteiger partial charge in [0.25, 0.3) is 0 Å². The van der Waals surface area contributed by atoms with E-state index in [1.807, 2.05) is 30.5 Å². The predicted octanol–water partition coefficient (Wildman–Crippen LogP) is 3.17. The number of aromatic nitrogens is 2. The third kappa shape index (κ3) is 3.41. The molecular weight excluding hydrogens is 314 g/mol. The molecule has 1 aromatic heterocycles. The lowest BCUT2D eigenvalue weighted by atomic mass is 9.95. The van der Waals surface area contributed by atoms with Gasteiger partial charge in [0.05, 0.1) is 12.5 Å². The molecule has 1 saturated carbocycles. The van der Waals surface area contributed by atoms with Crippen LogP contribution < -0.4 is 10.1 Å². The summed E-state index contributed by atoms with van der Waals surface area (Å²) in [5.41, 5.74) is 1.88. The fourth-order valence-corrected chi connectivity index (χ4v) is 3.53. The molecular formula is C20H27N3O2. The molecule has 1 amide bonds. The van der Waals surface area contributed by atoms with Crippen LogP contribution in [0.15, 0.2) is 30.5 Å². The summed E-state index contributed by atoms with van der Waals surface area (Å²) >= 11 is 0. The minimum absolute atomic E-state index is 0.122. The maximum atomic E-state index is 12.7. The second-order valence-electron chi connectivity index (χ2n) is 7.10. The molecule has 3 rings (SSSR count). The number of aryl methyl sites for hydroxylation is 1. The highest BCUT2D eigenvalue weighted by atomic mass is 16.5. The maximum absolute atomic E-state index is 12.7. The van der Waals surface area contributed by atoms with Crippen molar-refractivity contribution < 1.29 is 9.53 Å². The molecule has 1 fully saturated rings. The summed E-state index contributed by atoms with van der Waals surface area (Å²) in [4.78, 5) is 17.2. The summed E-state index contributed by atoms with van der Waals surface area (Å²) in [7, 11) is 1.65. The Morgan fingerprint density at radius 3 is 2.56 bits per heavy atom. The number of methoxy groups -OCH3 is 1. The predicted molar refractivity (Wildman–Crippen MR) is 98.0 cm³/mol. The molecule has 5 nitrogen and oxygen atoms in total. The first kappa shape index (κ1) is 17.5. The first-order chi connectivity index (χ1) is 12.0. The number of imidazole rings is 1. The van der Waals surface area contributed by atoms with Crippen molar-refractivity contribution in [3.63, 3.8) is 0 Å². The molecule has 0 spiro atoms. The summed E-state index contributed by atoms with van der Waals surface area (Å²) in [6.07, 6.45) is 4.46. The zero-order valence-corrected chi connectivity index (χ0v) is 15.5. The van der Waals surface area contributed by atoms with Crippen molar-refractivity contribution in [1.29, 1.82) is 0 Å².